The molecule has 9 nitrogen and oxygen atoms in total. The molecular formula is C44H52N4O5S. The zero-order chi connectivity index (χ0) is 37.4. The quantitative estimate of drug-likeness (QED) is 0.179. The molecule has 284 valence electrons. The van der Waals surface area contributed by atoms with E-state index in [0.717, 1.165) is 59.3 Å². The van der Waals surface area contributed by atoms with Gasteiger partial charge in [0, 0.05) is 41.7 Å². The molecule has 10 heteroatoms. The van der Waals surface area contributed by atoms with Crippen molar-refractivity contribution < 1.29 is 24.2 Å². The zero-order valence-electron chi connectivity index (χ0n) is 31.5. The summed E-state index contributed by atoms with van der Waals surface area (Å²) < 4.78 is 8.89. The maximum absolute atomic E-state index is 14.7. The molecule has 1 N–H and O–H groups in total. The van der Waals surface area contributed by atoms with Crippen molar-refractivity contribution in [3.8, 4) is 16.6 Å². The first-order valence-corrected chi connectivity index (χ1v) is 21.0. The van der Waals surface area contributed by atoms with E-state index < -0.39 is 23.5 Å². The predicted molar refractivity (Wildman–Crippen MR) is 211 cm³/mol. The first kappa shape index (κ1) is 36.7. The minimum absolute atomic E-state index is 0.0336. The number of carbonyl (C=O) groups excluding carboxylic acids is 2. The van der Waals surface area contributed by atoms with E-state index in [4.69, 9.17) is 14.7 Å². The van der Waals surface area contributed by atoms with Crippen LogP contribution in [0.1, 0.15) is 114 Å². The van der Waals surface area contributed by atoms with Gasteiger partial charge in [-0.1, -0.05) is 74.2 Å². The lowest BCUT2D eigenvalue weighted by Gasteiger charge is -2.29. The van der Waals surface area contributed by atoms with Gasteiger partial charge in [0.1, 0.15) is 16.6 Å². The first-order valence-electron chi connectivity index (χ1n) is 20.1. The Bertz CT molecular complexity index is 2030. The minimum atomic E-state index is -1.11. The van der Waals surface area contributed by atoms with Gasteiger partial charge in [-0.15, -0.1) is 11.3 Å². The molecule has 3 fully saturated rings. The van der Waals surface area contributed by atoms with Crippen LogP contribution < -0.4 is 4.74 Å². The van der Waals surface area contributed by atoms with Crippen molar-refractivity contribution in [1.82, 2.24) is 19.4 Å². The normalized spacial score (nSPS) is 27.4. The van der Waals surface area contributed by atoms with E-state index in [2.05, 4.69) is 54.1 Å². The van der Waals surface area contributed by atoms with Gasteiger partial charge in [0.25, 0.3) is 6.01 Å². The summed E-state index contributed by atoms with van der Waals surface area (Å²) in [5.41, 5.74) is 3.92. The number of aromatic nitrogens is 3. The summed E-state index contributed by atoms with van der Waals surface area (Å²) in [6.45, 7) is 4.46. The Morgan fingerprint density at radius 2 is 1.80 bits per heavy atom. The van der Waals surface area contributed by atoms with Crippen LogP contribution in [0.5, 0.6) is 6.01 Å². The number of ketones is 1. The summed E-state index contributed by atoms with van der Waals surface area (Å²) in [6.07, 6.45) is 14.3. The van der Waals surface area contributed by atoms with Gasteiger partial charge < -0.3 is 14.7 Å². The van der Waals surface area contributed by atoms with Gasteiger partial charge in [0.05, 0.1) is 29.2 Å². The highest BCUT2D eigenvalue weighted by Gasteiger charge is 2.61. The number of amides is 1. The highest BCUT2D eigenvalue weighted by molar-refractivity contribution is 7.13. The van der Waals surface area contributed by atoms with Crippen molar-refractivity contribution in [2.24, 2.45) is 17.3 Å². The molecule has 1 amide bonds. The van der Waals surface area contributed by atoms with Crippen LogP contribution in [-0.4, -0.2) is 60.9 Å². The third kappa shape index (κ3) is 7.26. The summed E-state index contributed by atoms with van der Waals surface area (Å²) in [4.78, 5) is 53.6. The topological polar surface area (TPSA) is 115 Å². The summed E-state index contributed by atoms with van der Waals surface area (Å²) >= 11 is 1.67. The average molecular weight is 749 g/mol. The van der Waals surface area contributed by atoms with E-state index in [1.54, 1.807) is 16.2 Å². The molecule has 54 heavy (non-hydrogen) atoms. The number of nitrogens with zero attached hydrogens (tertiary/aromatic N) is 4. The van der Waals surface area contributed by atoms with E-state index in [-0.39, 0.29) is 42.5 Å². The third-order valence-electron chi connectivity index (χ3n) is 12.4. The average Bonchev–Trinajstić information content (AvgIpc) is 3.76. The first-order chi connectivity index (χ1) is 26.2. The Morgan fingerprint density at radius 1 is 1.00 bits per heavy atom. The second kappa shape index (κ2) is 15.4. The van der Waals surface area contributed by atoms with E-state index in [0.29, 0.717) is 31.2 Å². The van der Waals surface area contributed by atoms with Gasteiger partial charge in [-0.25, -0.2) is 4.98 Å². The maximum Gasteiger partial charge on any atom is 0.310 e. The highest BCUT2D eigenvalue weighted by atomic mass is 32.1. The lowest BCUT2D eigenvalue weighted by molar-refractivity contribution is -0.147. The molecule has 0 bridgehead atoms. The summed E-state index contributed by atoms with van der Waals surface area (Å²) in [5.74, 6) is -1.10. The van der Waals surface area contributed by atoms with Crippen molar-refractivity contribution in [1.29, 1.82) is 0 Å². The number of rotatable bonds is 8. The van der Waals surface area contributed by atoms with Crippen molar-refractivity contribution >= 4 is 40.0 Å². The van der Waals surface area contributed by atoms with Crippen LogP contribution in [0.25, 0.3) is 21.6 Å². The predicted octanol–water partition coefficient (Wildman–Crippen LogP) is 9.18. The molecule has 0 unspecified atom stereocenters. The van der Waals surface area contributed by atoms with E-state index in [1.807, 2.05) is 30.3 Å². The minimum Gasteiger partial charge on any atom is -0.481 e. The van der Waals surface area contributed by atoms with E-state index in [1.165, 1.54) is 31.4 Å². The SMILES string of the molecule is CC(C)n1c(O[C@@H]2C[C@H]3C(=O)C[C@]4(C(=O)O)C[C@@H]4/C=C\CCCCC[C@H](Cc4ccccc4)C(=O)N3C2)nc2c(-c3nc(C4CCCC4)cs3)cccc21. The van der Waals surface area contributed by atoms with Gasteiger partial charge in [-0.2, -0.15) is 4.98 Å². The fourth-order valence-electron chi connectivity index (χ4n) is 9.33. The fourth-order valence-corrected chi connectivity index (χ4v) is 10.3. The van der Waals surface area contributed by atoms with Gasteiger partial charge in [-0.05, 0) is 82.4 Å². The lowest BCUT2D eigenvalue weighted by Crippen LogP contribution is -2.45. The van der Waals surface area contributed by atoms with E-state index in [9.17, 15) is 19.5 Å². The number of Topliss-reactive ketones (excluding diaryl/α,β-unsaturated/α-hetero) is 1. The third-order valence-corrected chi connectivity index (χ3v) is 13.3. The van der Waals surface area contributed by atoms with Crippen LogP contribution in [0.2, 0.25) is 0 Å². The molecule has 2 saturated carbocycles. The summed E-state index contributed by atoms with van der Waals surface area (Å²) in [6, 6.07) is 16.0. The van der Waals surface area contributed by atoms with Crippen LogP contribution in [-0.2, 0) is 20.8 Å². The van der Waals surface area contributed by atoms with Gasteiger partial charge in [0.15, 0.2) is 5.78 Å². The number of thiazole rings is 1. The largest absolute Gasteiger partial charge is 0.481 e. The Balaban J connectivity index is 1.11. The molecule has 2 aliphatic carbocycles. The molecule has 2 aromatic heterocycles. The number of allylic oxidation sites excluding steroid dienone is 2. The maximum atomic E-state index is 14.7. The fraction of sp³-hybridized carbons (Fsp3) is 0.523. The smallest absolute Gasteiger partial charge is 0.310 e. The number of carboxylic acids is 1. The standard InChI is InChI=1S/C44H52N4O5S/c1-28(2)48-36-21-13-20-34(40-45-35(27-54-40)30-16-11-12-17-30)39(36)46-43(48)53-33-23-37-38(49)25-44(42(51)52)24-32(44)19-10-5-3-4-9-18-31(41(50)47(37)26-33)22-29-14-7-6-8-15-29/h6-8,10,13-15,19-21,27-28,30-33,37H,3-5,9,11-12,16-18,22-26H2,1-2H3,(H,51,52)/b19-10-/t31-,32+,33-,37+,44-/m1/s1. The molecule has 4 aliphatic rings. The van der Waals surface area contributed by atoms with Crippen LogP contribution in [0.3, 0.4) is 0 Å². The number of ether oxygens (including phenoxy) is 1. The number of fused-ring (bicyclic) bond motifs is 3. The molecule has 8 rings (SSSR count). The Hall–Kier alpha value is -4.31. The summed E-state index contributed by atoms with van der Waals surface area (Å²) in [5, 5.41) is 13.5. The molecule has 5 atom stereocenters. The van der Waals surface area contributed by atoms with Crippen LogP contribution >= 0.6 is 11.3 Å². The summed E-state index contributed by atoms with van der Waals surface area (Å²) in [7, 11) is 0. The van der Waals surface area contributed by atoms with Crippen molar-refractivity contribution in [2.45, 2.75) is 121 Å². The monoisotopic (exact) mass is 748 g/mol. The molecule has 0 spiro atoms. The number of benzene rings is 2. The van der Waals surface area contributed by atoms with Gasteiger partial charge >= 0.3 is 5.97 Å². The van der Waals surface area contributed by atoms with Crippen LogP contribution in [0, 0.1) is 17.3 Å². The molecule has 2 aliphatic heterocycles. The molecular weight excluding hydrogens is 697 g/mol. The van der Waals surface area contributed by atoms with Crippen LogP contribution in [0.15, 0.2) is 66.1 Å². The number of carboxylic acid groups (broad SMARTS) is 1. The van der Waals surface area contributed by atoms with Crippen molar-refractivity contribution in [3.63, 3.8) is 0 Å². The van der Waals surface area contributed by atoms with Crippen LogP contribution in [0.4, 0.5) is 0 Å². The second-order valence-electron chi connectivity index (χ2n) is 16.4. The number of hydrogen-bond donors (Lipinski definition) is 1. The number of aliphatic carboxylic acids is 1. The number of carbonyl (C=O) groups is 3. The molecule has 4 aromatic rings. The molecule has 1 saturated heterocycles. The molecule has 4 heterocycles. The Morgan fingerprint density at radius 3 is 2.57 bits per heavy atom. The van der Waals surface area contributed by atoms with Crippen molar-refractivity contribution in [2.75, 3.05) is 6.54 Å². The second-order valence-corrected chi connectivity index (χ2v) is 17.3. The lowest BCUT2D eigenvalue weighted by atomic mass is 9.90. The zero-order valence-corrected chi connectivity index (χ0v) is 32.3. The highest BCUT2D eigenvalue weighted by Crippen LogP contribution is 2.57. The number of hydrogen-bond acceptors (Lipinski definition) is 7. The number of imidazole rings is 1. The van der Waals surface area contributed by atoms with Gasteiger partial charge in [-0.3, -0.25) is 19.0 Å². The van der Waals surface area contributed by atoms with Gasteiger partial charge in [0.2, 0.25) is 5.91 Å². The Kier molecular flexibility index (Phi) is 10.5. The Labute approximate surface area is 321 Å². The molecule has 2 aromatic carbocycles. The number of para-hydroxylation sites is 1. The molecule has 0 radical (unpaired) electrons. The van der Waals surface area contributed by atoms with Crippen molar-refractivity contribution in [3.05, 3.63) is 77.3 Å². The van der Waals surface area contributed by atoms with E-state index >= 15 is 0 Å².